The molecule has 1 aromatic heterocycles. The average Bonchev–Trinajstić information content (AvgIpc) is 2.31. The summed E-state index contributed by atoms with van der Waals surface area (Å²) in [7, 11) is 0. The molecular formula is C8H9ClS2. The molecule has 0 radical (unpaired) electrons. The lowest BCUT2D eigenvalue weighted by atomic mass is 10.1. The molecule has 0 amide bonds. The second-order valence-corrected chi connectivity index (χ2v) is 6.25. The van der Waals surface area contributed by atoms with Crippen LogP contribution < -0.4 is 0 Å². The fraction of sp³-hybridized carbons (Fsp3) is 0.500. The number of hydrogen-bond donors (Lipinski definition) is 0. The second kappa shape index (κ2) is 2.68. The van der Waals surface area contributed by atoms with E-state index in [1.807, 2.05) is 17.8 Å². The van der Waals surface area contributed by atoms with Crippen molar-refractivity contribution in [3.63, 3.8) is 0 Å². The third-order valence-corrected chi connectivity index (χ3v) is 5.19. The van der Waals surface area contributed by atoms with Crippen LogP contribution in [0.1, 0.15) is 18.2 Å². The highest BCUT2D eigenvalue weighted by Crippen LogP contribution is 2.51. The smallest absolute Gasteiger partial charge is 0.0931 e. The normalized spacial score (nSPS) is 30.0. The summed E-state index contributed by atoms with van der Waals surface area (Å²) in [6.45, 7) is 2.29. The van der Waals surface area contributed by atoms with E-state index in [9.17, 15) is 0 Å². The fourth-order valence-electron chi connectivity index (χ4n) is 1.20. The van der Waals surface area contributed by atoms with Crippen molar-refractivity contribution in [3.05, 3.63) is 21.3 Å². The summed E-state index contributed by atoms with van der Waals surface area (Å²) in [6, 6.07) is 4.14. The van der Waals surface area contributed by atoms with Gasteiger partial charge in [0.05, 0.1) is 4.34 Å². The molecule has 1 aliphatic heterocycles. The third kappa shape index (κ3) is 1.32. The van der Waals surface area contributed by atoms with Gasteiger partial charge in [0, 0.05) is 9.62 Å². The summed E-state index contributed by atoms with van der Waals surface area (Å²) in [5, 5.41) is 0. The molecule has 2 heterocycles. The maximum Gasteiger partial charge on any atom is 0.0931 e. The number of rotatable bonds is 1. The predicted molar refractivity (Wildman–Crippen MR) is 53.8 cm³/mol. The van der Waals surface area contributed by atoms with Crippen molar-refractivity contribution in [2.75, 3.05) is 5.75 Å². The van der Waals surface area contributed by atoms with Crippen LogP contribution in [0.4, 0.5) is 0 Å². The van der Waals surface area contributed by atoms with Crippen LogP contribution in [0.2, 0.25) is 4.34 Å². The minimum atomic E-state index is 0.387. The van der Waals surface area contributed by atoms with Gasteiger partial charge in [-0.1, -0.05) is 11.6 Å². The van der Waals surface area contributed by atoms with Crippen molar-refractivity contribution >= 4 is 34.7 Å². The Labute approximate surface area is 80.0 Å². The summed E-state index contributed by atoms with van der Waals surface area (Å²) >= 11 is 9.60. The van der Waals surface area contributed by atoms with Crippen molar-refractivity contribution in [1.29, 1.82) is 0 Å². The third-order valence-electron chi connectivity index (χ3n) is 2.09. The van der Waals surface area contributed by atoms with Crippen molar-refractivity contribution in [3.8, 4) is 0 Å². The Morgan fingerprint density at radius 1 is 1.55 bits per heavy atom. The summed E-state index contributed by atoms with van der Waals surface area (Å²) < 4.78 is 1.30. The summed E-state index contributed by atoms with van der Waals surface area (Å²) in [5.74, 6) is 1.30. The van der Waals surface area contributed by atoms with Gasteiger partial charge in [-0.05, 0) is 31.2 Å². The molecule has 1 atom stereocenters. The first-order valence-corrected chi connectivity index (χ1v) is 5.78. The Morgan fingerprint density at radius 2 is 2.27 bits per heavy atom. The summed E-state index contributed by atoms with van der Waals surface area (Å²) in [4.78, 5) is 1.43. The van der Waals surface area contributed by atoms with E-state index in [-0.39, 0.29) is 0 Å². The molecule has 0 aromatic carbocycles. The SMILES string of the molecule is CC1(c2ccc(Cl)s2)CCS1. The largest absolute Gasteiger partial charge is 0.150 e. The van der Waals surface area contributed by atoms with E-state index in [0.29, 0.717) is 4.75 Å². The van der Waals surface area contributed by atoms with Crippen LogP contribution in [-0.4, -0.2) is 5.75 Å². The van der Waals surface area contributed by atoms with Crippen LogP contribution in [0.3, 0.4) is 0 Å². The van der Waals surface area contributed by atoms with E-state index >= 15 is 0 Å². The van der Waals surface area contributed by atoms with Gasteiger partial charge < -0.3 is 0 Å². The zero-order valence-corrected chi connectivity index (χ0v) is 8.65. The Hall–Kier alpha value is 0.340. The molecule has 0 spiro atoms. The Bertz CT molecular complexity index is 263. The number of halogens is 1. The van der Waals surface area contributed by atoms with Crippen molar-refractivity contribution < 1.29 is 0 Å². The van der Waals surface area contributed by atoms with Crippen molar-refractivity contribution in [2.45, 2.75) is 18.1 Å². The van der Waals surface area contributed by atoms with E-state index in [2.05, 4.69) is 13.0 Å². The van der Waals surface area contributed by atoms with Gasteiger partial charge in [-0.2, -0.15) is 0 Å². The topological polar surface area (TPSA) is 0 Å². The second-order valence-electron chi connectivity index (χ2n) is 2.93. The van der Waals surface area contributed by atoms with Crippen LogP contribution >= 0.6 is 34.7 Å². The molecule has 2 rings (SSSR count). The molecular weight excluding hydrogens is 196 g/mol. The zero-order chi connectivity index (χ0) is 7.90. The number of thiophene rings is 1. The molecule has 1 unspecified atom stereocenters. The molecule has 0 bridgehead atoms. The van der Waals surface area contributed by atoms with Gasteiger partial charge >= 0.3 is 0 Å². The molecule has 3 heteroatoms. The average molecular weight is 205 g/mol. The van der Waals surface area contributed by atoms with Crippen LogP contribution in [0, 0.1) is 0 Å². The molecule has 1 aromatic rings. The van der Waals surface area contributed by atoms with Crippen molar-refractivity contribution in [2.24, 2.45) is 0 Å². The molecule has 1 saturated heterocycles. The molecule has 1 fully saturated rings. The lowest BCUT2D eigenvalue weighted by molar-refractivity contribution is 0.638. The van der Waals surface area contributed by atoms with Gasteiger partial charge in [-0.15, -0.1) is 23.1 Å². The number of hydrogen-bond acceptors (Lipinski definition) is 2. The van der Waals surface area contributed by atoms with Gasteiger partial charge in [0.2, 0.25) is 0 Å². The van der Waals surface area contributed by atoms with Gasteiger partial charge in [0.25, 0.3) is 0 Å². The van der Waals surface area contributed by atoms with E-state index in [1.54, 1.807) is 11.3 Å². The van der Waals surface area contributed by atoms with Crippen LogP contribution in [0.15, 0.2) is 12.1 Å². The number of thioether (sulfide) groups is 1. The van der Waals surface area contributed by atoms with E-state index in [1.165, 1.54) is 17.1 Å². The molecule has 60 valence electrons. The summed E-state index contributed by atoms with van der Waals surface area (Å²) in [6.07, 6.45) is 1.30. The fourth-order valence-corrected chi connectivity index (χ4v) is 3.64. The van der Waals surface area contributed by atoms with E-state index < -0.39 is 0 Å². The quantitative estimate of drug-likeness (QED) is 0.672. The Balaban J connectivity index is 2.28. The van der Waals surface area contributed by atoms with E-state index in [4.69, 9.17) is 11.6 Å². The lowest BCUT2D eigenvalue weighted by Crippen LogP contribution is -2.26. The van der Waals surface area contributed by atoms with Gasteiger partial charge in [0.1, 0.15) is 0 Å². The van der Waals surface area contributed by atoms with Crippen LogP contribution in [-0.2, 0) is 4.75 Å². The molecule has 1 aliphatic rings. The van der Waals surface area contributed by atoms with Crippen molar-refractivity contribution in [1.82, 2.24) is 0 Å². The van der Waals surface area contributed by atoms with Crippen LogP contribution in [0.25, 0.3) is 0 Å². The van der Waals surface area contributed by atoms with Gasteiger partial charge in [0.15, 0.2) is 0 Å². The monoisotopic (exact) mass is 204 g/mol. The van der Waals surface area contributed by atoms with E-state index in [0.717, 1.165) is 4.34 Å². The Morgan fingerprint density at radius 3 is 2.64 bits per heavy atom. The predicted octanol–water partition coefficient (Wildman–Crippen LogP) is 3.75. The highest BCUT2D eigenvalue weighted by Gasteiger charge is 2.35. The highest BCUT2D eigenvalue weighted by atomic mass is 35.5. The highest BCUT2D eigenvalue weighted by molar-refractivity contribution is 8.01. The van der Waals surface area contributed by atoms with Gasteiger partial charge in [-0.3, -0.25) is 0 Å². The first kappa shape index (κ1) is 7.96. The standard InChI is InChI=1S/C8H9ClS2/c1-8(4-5-10-8)6-2-3-7(9)11-6/h2-3H,4-5H2,1H3. The molecule has 0 N–H and O–H groups in total. The first-order chi connectivity index (χ1) is 5.21. The van der Waals surface area contributed by atoms with Gasteiger partial charge in [-0.25, -0.2) is 0 Å². The lowest BCUT2D eigenvalue weighted by Gasteiger charge is -2.36. The zero-order valence-electron chi connectivity index (χ0n) is 6.26. The first-order valence-electron chi connectivity index (χ1n) is 3.60. The maximum atomic E-state index is 5.86. The molecule has 0 saturated carbocycles. The van der Waals surface area contributed by atoms with Crippen LogP contribution in [0.5, 0.6) is 0 Å². The maximum absolute atomic E-state index is 5.86. The molecule has 11 heavy (non-hydrogen) atoms. The molecule has 0 nitrogen and oxygen atoms in total. The minimum absolute atomic E-state index is 0.387. The Kier molecular flexibility index (Phi) is 1.94. The summed E-state index contributed by atoms with van der Waals surface area (Å²) in [5.41, 5.74) is 0. The minimum Gasteiger partial charge on any atom is -0.150 e. The molecule has 0 aliphatic carbocycles.